The van der Waals surface area contributed by atoms with Crippen molar-refractivity contribution in [3.8, 4) is 17.2 Å². The molecule has 0 aliphatic rings. The summed E-state index contributed by atoms with van der Waals surface area (Å²) >= 11 is 5.89. The fourth-order valence-corrected chi connectivity index (χ4v) is 4.36. The number of carbonyl (C=O) groups is 1. The van der Waals surface area contributed by atoms with Gasteiger partial charge in [0.25, 0.3) is 5.97 Å². The Morgan fingerprint density at radius 3 is 2.09 bits per heavy atom. The first-order valence-corrected chi connectivity index (χ1v) is 11.4. The molecule has 1 amide bonds. The van der Waals surface area contributed by atoms with Crippen LogP contribution in [-0.4, -0.2) is 25.1 Å². The van der Waals surface area contributed by atoms with Gasteiger partial charge in [-0.1, -0.05) is 11.6 Å². The van der Waals surface area contributed by atoms with Crippen LogP contribution in [0, 0.1) is 0 Å². The summed E-state index contributed by atoms with van der Waals surface area (Å²) in [6, 6.07) is 8.56. The van der Waals surface area contributed by atoms with Gasteiger partial charge in [0.1, 0.15) is 17.2 Å². The van der Waals surface area contributed by atoms with E-state index in [4.69, 9.17) is 30.1 Å². The number of halogens is 4. The summed E-state index contributed by atoms with van der Waals surface area (Å²) in [5.74, 6) is -1.41. The maximum absolute atomic E-state index is 13.0. The normalized spacial score (nSPS) is 12.8. The highest BCUT2D eigenvalue weighted by atomic mass is 35.5. The van der Waals surface area contributed by atoms with E-state index < -0.39 is 31.2 Å². The largest absolute Gasteiger partial charge is 0.458 e. The van der Waals surface area contributed by atoms with Crippen molar-refractivity contribution in [3.63, 3.8) is 0 Å². The summed E-state index contributed by atoms with van der Waals surface area (Å²) < 4.78 is 72.9. The number of carbonyl (C=O) groups excluding carboxylic acids is 1. The Morgan fingerprint density at radius 1 is 1.06 bits per heavy atom. The Morgan fingerprint density at radius 2 is 1.62 bits per heavy atom. The maximum Gasteiger partial charge on any atom is 0.416 e. The number of ether oxygens (including phenoxy) is 2. The molecule has 1 atom stereocenters. The minimum Gasteiger partial charge on any atom is -0.458 e. The molecule has 0 fully saturated rings. The molecule has 0 saturated heterocycles. The van der Waals surface area contributed by atoms with Crippen LogP contribution in [0.4, 0.5) is 13.2 Å². The van der Waals surface area contributed by atoms with Crippen LogP contribution in [-0.2, 0) is 24.6 Å². The lowest BCUT2D eigenvalue weighted by atomic mass is 10.2. The van der Waals surface area contributed by atoms with Crippen LogP contribution in [0.2, 0.25) is 5.02 Å². The second-order valence-corrected chi connectivity index (χ2v) is 8.73. The van der Waals surface area contributed by atoms with Crippen LogP contribution in [0.1, 0.15) is 26.3 Å². The molecular weight excluding hydrogens is 474 g/mol. The highest BCUT2D eigenvalue weighted by Crippen LogP contribution is 2.52. The molecule has 0 aromatic heterocycles. The molecule has 1 unspecified atom stereocenters. The predicted octanol–water partition coefficient (Wildman–Crippen LogP) is 6.22. The molecule has 2 aromatic carbocycles. The molecule has 0 saturated carbocycles. The molecule has 2 aromatic rings. The van der Waals surface area contributed by atoms with Crippen molar-refractivity contribution in [2.24, 2.45) is 0 Å². The standard InChI is InChI=1S/C20H22ClF3NO6P/c1-4-28-32(27,29-5-2)19(25-13(3)26)31-16-9-7-15(8-10-16)30-18-11-6-14(12-17(18)21)20(22,23)24/h6-12,19H,4-5H2,1-3H3,(H,25,26). The van der Waals surface area contributed by atoms with Gasteiger partial charge < -0.3 is 23.8 Å². The van der Waals surface area contributed by atoms with E-state index in [2.05, 4.69) is 5.32 Å². The maximum atomic E-state index is 13.0. The van der Waals surface area contributed by atoms with Crippen LogP contribution in [0.5, 0.6) is 17.2 Å². The fourth-order valence-electron chi connectivity index (χ4n) is 2.48. The zero-order valence-corrected chi connectivity index (χ0v) is 19.1. The van der Waals surface area contributed by atoms with Crippen LogP contribution in [0.15, 0.2) is 42.5 Å². The third-order valence-electron chi connectivity index (χ3n) is 3.79. The van der Waals surface area contributed by atoms with Crippen molar-refractivity contribution in [1.82, 2.24) is 5.32 Å². The molecule has 0 aliphatic heterocycles. The van der Waals surface area contributed by atoms with E-state index in [1.165, 1.54) is 31.2 Å². The Balaban J connectivity index is 2.18. The SMILES string of the molecule is CCOP(=O)(OCC)C(NC(C)=O)Oc1ccc(Oc2ccc(C(F)(F)F)cc2Cl)cc1. The van der Waals surface area contributed by atoms with Gasteiger partial charge in [-0.05, 0) is 56.3 Å². The van der Waals surface area contributed by atoms with Gasteiger partial charge in [-0.25, -0.2) is 0 Å². The van der Waals surface area contributed by atoms with Crippen LogP contribution in [0.3, 0.4) is 0 Å². The number of benzene rings is 2. The van der Waals surface area contributed by atoms with Crippen molar-refractivity contribution < 1.29 is 41.1 Å². The van der Waals surface area contributed by atoms with Crippen molar-refractivity contribution in [3.05, 3.63) is 53.1 Å². The number of rotatable bonds is 10. The first-order valence-electron chi connectivity index (χ1n) is 9.45. The van der Waals surface area contributed by atoms with E-state index in [1.807, 2.05) is 0 Å². The van der Waals surface area contributed by atoms with Crippen LogP contribution < -0.4 is 14.8 Å². The summed E-state index contributed by atoms with van der Waals surface area (Å²) in [6.45, 7) is 4.60. The zero-order valence-electron chi connectivity index (χ0n) is 17.4. The first-order chi connectivity index (χ1) is 15.0. The molecule has 0 spiro atoms. The molecule has 1 N–H and O–H groups in total. The number of hydrogen-bond acceptors (Lipinski definition) is 6. The summed E-state index contributed by atoms with van der Waals surface area (Å²) in [6.07, 6.45) is -4.52. The Hall–Kier alpha value is -2.26. The van der Waals surface area contributed by atoms with E-state index in [0.29, 0.717) is 0 Å². The molecular formula is C20H22ClF3NO6P. The molecule has 0 aliphatic carbocycles. The molecule has 32 heavy (non-hydrogen) atoms. The minimum atomic E-state index is -4.52. The number of hydrogen-bond donors (Lipinski definition) is 1. The van der Waals surface area contributed by atoms with Gasteiger partial charge >= 0.3 is 13.8 Å². The fraction of sp³-hybridized carbons (Fsp3) is 0.350. The number of nitrogens with one attached hydrogen (secondary N) is 1. The van der Waals surface area contributed by atoms with Gasteiger partial charge in [0.2, 0.25) is 5.91 Å². The van der Waals surface area contributed by atoms with E-state index in [0.717, 1.165) is 18.2 Å². The summed E-state index contributed by atoms with van der Waals surface area (Å²) in [7, 11) is -3.84. The van der Waals surface area contributed by atoms with E-state index in [9.17, 15) is 22.5 Å². The average molecular weight is 496 g/mol. The Bertz CT molecular complexity index is 961. The minimum absolute atomic E-state index is 0.0293. The van der Waals surface area contributed by atoms with Gasteiger partial charge in [0.15, 0.2) is 0 Å². The third kappa shape index (κ3) is 7.13. The van der Waals surface area contributed by atoms with Gasteiger partial charge in [-0.3, -0.25) is 9.36 Å². The van der Waals surface area contributed by atoms with Gasteiger partial charge in [-0.2, -0.15) is 13.2 Å². The molecule has 0 heterocycles. The zero-order chi connectivity index (χ0) is 23.9. The molecule has 0 radical (unpaired) electrons. The Labute approximate surface area is 188 Å². The average Bonchev–Trinajstić information content (AvgIpc) is 2.69. The van der Waals surface area contributed by atoms with Gasteiger partial charge in [0, 0.05) is 6.92 Å². The molecule has 176 valence electrons. The van der Waals surface area contributed by atoms with Crippen molar-refractivity contribution in [2.75, 3.05) is 13.2 Å². The summed E-state index contributed by atoms with van der Waals surface area (Å²) in [4.78, 5) is 11.5. The van der Waals surface area contributed by atoms with Crippen molar-refractivity contribution in [2.45, 2.75) is 32.9 Å². The quantitative estimate of drug-likeness (QED) is 0.311. The van der Waals surface area contributed by atoms with Crippen LogP contribution in [0.25, 0.3) is 0 Å². The van der Waals surface area contributed by atoms with Gasteiger partial charge in [0.05, 0.1) is 23.8 Å². The molecule has 0 bridgehead atoms. The monoisotopic (exact) mass is 495 g/mol. The van der Waals surface area contributed by atoms with E-state index in [1.54, 1.807) is 13.8 Å². The second-order valence-electron chi connectivity index (χ2n) is 6.26. The van der Waals surface area contributed by atoms with Gasteiger partial charge in [-0.15, -0.1) is 0 Å². The lowest BCUT2D eigenvalue weighted by molar-refractivity contribution is -0.137. The van der Waals surface area contributed by atoms with E-state index >= 15 is 0 Å². The first kappa shape index (κ1) is 26.0. The molecule has 7 nitrogen and oxygen atoms in total. The lowest BCUT2D eigenvalue weighted by Gasteiger charge is -2.27. The van der Waals surface area contributed by atoms with E-state index in [-0.39, 0.29) is 35.5 Å². The highest BCUT2D eigenvalue weighted by molar-refractivity contribution is 7.54. The highest BCUT2D eigenvalue weighted by Gasteiger charge is 2.38. The molecule has 2 rings (SSSR count). The summed E-state index contributed by atoms with van der Waals surface area (Å²) in [5, 5.41) is 2.19. The summed E-state index contributed by atoms with van der Waals surface area (Å²) in [5.41, 5.74) is -0.893. The third-order valence-corrected chi connectivity index (χ3v) is 6.13. The topological polar surface area (TPSA) is 83.1 Å². The number of alkyl halides is 3. The number of amides is 1. The smallest absolute Gasteiger partial charge is 0.416 e. The van der Waals surface area contributed by atoms with Crippen LogP contribution >= 0.6 is 19.2 Å². The molecule has 12 heteroatoms. The second kappa shape index (κ2) is 11.0. The Kier molecular flexibility index (Phi) is 8.98. The van der Waals surface area contributed by atoms with Crippen molar-refractivity contribution in [1.29, 1.82) is 0 Å². The lowest BCUT2D eigenvalue weighted by Crippen LogP contribution is -2.38. The van der Waals surface area contributed by atoms with Crippen molar-refractivity contribution >= 4 is 25.1 Å². The predicted molar refractivity (Wildman–Crippen MR) is 112 cm³/mol.